The summed E-state index contributed by atoms with van der Waals surface area (Å²) in [5.74, 6) is 0. The van der Waals surface area contributed by atoms with E-state index < -0.39 is 0 Å². The van der Waals surface area contributed by atoms with E-state index in [1.54, 1.807) is 7.11 Å². The van der Waals surface area contributed by atoms with E-state index in [2.05, 4.69) is 44.7 Å². The number of likely N-dealkylation sites (N-methyl/N-ethyl adjacent to an activating group) is 2. The highest BCUT2D eigenvalue weighted by molar-refractivity contribution is 4.56. The van der Waals surface area contributed by atoms with Crippen LogP contribution in [-0.2, 0) is 4.74 Å². The third-order valence-electron chi connectivity index (χ3n) is 1.92. The summed E-state index contributed by atoms with van der Waals surface area (Å²) < 4.78 is 5.03. The predicted molar refractivity (Wildman–Crippen MR) is 68.5 cm³/mol. The van der Waals surface area contributed by atoms with Gasteiger partial charge < -0.3 is 14.5 Å². The molecule has 3 heteroatoms. The number of nitrogens with zero attached hydrogens (tertiary/aromatic N) is 2. The Morgan fingerprint density at radius 1 is 0.933 bits per heavy atom. The summed E-state index contributed by atoms with van der Waals surface area (Å²) in [6.45, 7) is 11.7. The van der Waals surface area contributed by atoms with Gasteiger partial charge >= 0.3 is 0 Å². The summed E-state index contributed by atoms with van der Waals surface area (Å²) in [5.41, 5.74) is 0. The molecule has 0 aromatic heterocycles. The molecule has 0 atom stereocenters. The van der Waals surface area contributed by atoms with Gasteiger partial charge in [0.2, 0.25) is 0 Å². The number of rotatable bonds is 7. The first-order valence-electron chi connectivity index (χ1n) is 5.98. The highest BCUT2D eigenvalue weighted by atomic mass is 16.5. The fraction of sp³-hybridized carbons (Fsp3) is 1.00. The molecule has 0 unspecified atom stereocenters. The van der Waals surface area contributed by atoms with E-state index in [-0.39, 0.29) is 0 Å². The van der Waals surface area contributed by atoms with E-state index >= 15 is 0 Å². The molecule has 0 aliphatic heterocycles. The average Bonchev–Trinajstić information content (AvgIpc) is 2.19. The van der Waals surface area contributed by atoms with Gasteiger partial charge in [-0.3, -0.25) is 0 Å². The second-order valence-electron chi connectivity index (χ2n) is 3.94. The fourth-order valence-corrected chi connectivity index (χ4v) is 0.990. The normalized spacial score (nSPS) is 10.4. The summed E-state index contributed by atoms with van der Waals surface area (Å²) in [6, 6.07) is 0. The Morgan fingerprint density at radius 2 is 1.47 bits per heavy atom. The molecule has 0 N–H and O–H groups in total. The minimum absolute atomic E-state index is 0.835. The van der Waals surface area contributed by atoms with E-state index in [1.165, 1.54) is 6.42 Å². The second-order valence-corrected chi connectivity index (χ2v) is 3.94. The van der Waals surface area contributed by atoms with Gasteiger partial charge in [-0.25, -0.2) is 0 Å². The molecular formula is C12H30N2O. The quantitative estimate of drug-likeness (QED) is 0.649. The number of hydrogen-bond donors (Lipinski definition) is 0. The summed E-state index contributed by atoms with van der Waals surface area (Å²) in [6.07, 6.45) is 1.25. The standard InChI is InChI=1S/C9H22N2O.C3H8/c1-5-11(8-9-12-4)7-6-10(2)3;1-3-2/h5-9H2,1-4H3;3H2,1-2H3. The fourth-order valence-electron chi connectivity index (χ4n) is 0.990. The highest BCUT2D eigenvalue weighted by Crippen LogP contribution is 1.88. The molecular weight excluding hydrogens is 188 g/mol. The van der Waals surface area contributed by atoms with Crippen molar-refractivity contribution in [3.8, 4) is 0 Å². The van der Waals surface area contributed by atoms with Crippen LogP contribution >= 0.6 is 0 Å². The molecule has 0 spiro atoms. The Morgan fingerprint density at radius 3 is 1.80 bits per heavy atom. The Kier molecular flexibility index (Phi) is 16.0. The summed E-state index contributed by atoms with van der Waals surface area (Å²) in [7, 11) is 5.95. The Hall–Kier alpha value is -0.120. The maximum atomic E-state index is 5.03. The van der Waals surface area contributed by atoms with Gasteiger partial charge in [0.15, 0.2) is 0 Å². The van der Waals surface area contributed by atoms with Crippen LogP contribution in [0.5, 0.6) is 0 Å². The topological polar surface area (TPSA) is 15.7 Å². The molecule has 0 heterocycles. The van der Waals surface area contributed by atoms with Crippen molar-refractivity contribution in [3.05, 3.63) is 0 Å². The van der Waals surface area contributed by atoms with Crippen molar-refractivity contribution in [2.24, 2.45) is 0 Å². The van der Waals surface area contributed by atoms with Crippen molar-refractivity contribution in [1.82, 2.24) is 9.80 Å². The lowest BCUT2D eigenvalue weighted by molar-refractivity contribution is 0.145. The molecule has 3 nitrogen and oxygen atoms in total. The smallest absolute Gasteiger partial charge is 0.0589 e. The van der Waals surface area contributed by atoms with Crippen LogP contribution in [0.3, 0.4) is 0 Å². The van der Waals surface area contributed by atoms with Crippen molar-refractivity contribution in [3.63, 3.8) is 0 Å². The maximum absolute atomic E-state index is 5.03. The van der Waals surface area contributed by atoms with Gasteiger partial charge in [0.1, 0.15) is 0 Å². The zero-order chi connectivity index (χ0) is 12.1. The zero-order valence-electron chi connectivity index (χ0n) is 11.5. The molecule has 0 saturated carbocycles. The van der Waals surface area contributed by atoms with E-state index in [0.29, 0.717) is 0 Å². The molecule has 0 radical (unpaired) electrons. The van der Waals surface area contributed by atoms with Crippen LogP contribution in [0.15, 0.2) is 0 Å². The molecule has 0 aromatic rings. The second kappa shape index (κ2) is 13.9. The van der Waals surface area contributed by atoms with Crippen LogP contribution in [-0.4, -0.2) is 63.8 Å². The van der Waals surface area contributed by atoms with Crippen molar-refractivity contribution in [2.75, 3.05) is 54.0 Å². The van der Waals surface area contributed by atoms with Gasteiger partial charge in [0, 0.05) is 26.7 Å². The molecule has 0 bridgehead atoms. The first kappa shape index (κ1) is 17.3. The van der Waals surface area contributed by atoms with Gasteiger partial charge in [-0.1, -0.05) is 27.2 Å². The molecule has 0 aliphatic rings. The van der Waals surface area contributed by atoms with Crippen LogP contribution in [0, 0.1) is 0 Å². The molecule has 0 saturated heterocycles. The van der Waals surface area contributed by atoms with Crippen molar-refractivity contribution < 1.29 is 4.74 Å². The SMILES string of the molecule is CCC.CCN(CCOC)CCN(C)C. The number of hydrogen-bond acceptors (Lipinski definition) is 3. The summed E-state index contributed by atoms with van der Waals surface area (Å²) >= 11 is 0. The average molecular weight is 218 g/mol. The lowest BCUT2D eigenvalue weighted by Gasteiger charge is -2.21. The van der Waals surface area contributed by atoms with E-state index in [1.807, 2.05) is 0 Å². The number of methoxy groups -OCH3 is 1. The first-order valence-corrected chi connectivity index (χ1v) is 5.98. The lowest BCUT2D eigenvalue weighted by atomic mass is 10.4. The molecule has 0 fully saturated rings. The van der Waals surface area contributed by atoms with E-state index in [4.69, 9.17) is 4.74 Å². The third kappa shape index (κ3) is 16.5. The first-order chi connectivity index (χ1) is 7.12. The molecule has 15 heavy (non-hydrogen) atoms. The minimum atomic E-state index is 0.835. The maximum Gasteiger partial charge on any atom is 0.0589 e. The van der Waals surface area contributed by atoms with Crippen LogP contribution in [0.25, 0.3) is 0 Å². The van der Waals surface area contributed by atoms with Crippen molar-refractivity contribution in [2.45, 2.75) is 27.2 Å². The van der Waals surface area contributed by atoms with Crippen molar-refractivity contribution in [1.29, 1.82) is 0 Å². The Labute approximate surface area is 96.4 Å². The molecule has 0 aliphatic carbocycles. The lowest BCUT2D eigenvalue weighted by Crippen LogP contribution is -2.33. The monoisotopic (exact) mass is 218 g/mol. The Bertz CT molecular complexity index is 108. The van der Waals surface area contributed by atoms with Gasteiger partial charge in [0.05, 0.1) is 6.61 Å². The summed E-state index contributed by atoms with van der Waals surface area (Å²) in [5, 5.41) is 0. The van der Waals surface area contributed by atoms with Crippen LogP contribution in [0.2, 0.25) is 0 Å². The van der Waals surface area contributed by atoms with Crippen LogP contribution in [0.1, 0.15) is 27.2 Å². The van der Waals surface area contributed by atoms with Gasteiger partial charge in [0.25, 0.3) is 0 Å². The van der Waals surface area contributed by atoms with Crippen LogP contribution in [0.4, 0.5) is 0 Å². The molecule has 94 valence electrons. The van der Waals surface area contributed by atoms with Gasteiger partial charge in [-0.2, -0.15) is 0 Å². The molecule has 0 aromatic carbocycles. The number of ether oxygens (including phenoxy) is 1. The summed E-state index contributed by atoms with van der Waals surface area (Å²) in [4.78, 5) is 4.60. The van der Waals surface area contributed by atoms with Gasteiger partial charge in [-0.15, -0.1) is 0 Å². The third-order valence-corrected chi connectivity index (χ3v) is 1.92. The Balaban J connectivity index is 0. The van der Waals surface area contributed by atoms with Crippen LogP contribution < -0.4 is 0 Å². The van der Waals surface area contributed by atoms with E-state index in [0.717, 1.165) is 32.8 Å². The molecule has 0 rings (SSSR count). The van der Waals surface area contributed by atoms with E-state index in [9.17, 15) is 0 Å². The van der Waals surface area contributed by atoms with Crippen molar-refractivity contribution >= 4 is 0 Å². The van der Waals surface area contributed by atoms with Gasteiger partial charge in [-0.05, 0) is 20.6 Å². The minimum Gasteiger partial charge on any atom is -0.383 e. The zero-order valence-corrected chi connectivity index (χ0v) is 11.5. The highest BCUT2D eigenvalue weighted by Gasteiger charge is 2.01. The molecule has 0 amide bonds. The predicted octanol–water partition coefficient (Wildman–Crippen LogP) is 1.93. The largest absolute Gasteiger partial charge is 0.383 e.